The minimum atomic E-state index is 0.593. The lowest BCUT2D eigenvalue weighted by atomic mass is 9.89. The Morgan fingerprint density at radius 3 is 2.68 bits per heavy atom. The number of nitrogens with zero attached hydrogens (tertiary/aromatic N) is 1. The van der Waals surface area contributed by atoms with Crippen molar-refractivity contribution in [2.24, 2.45) is 0 Å². The quantitative estimate of drug-likeness (QED) is 0.439. The third kappa shape index (κ3) is 3.89. The summed E-state index contributed by atoms with van der Waals surface area (Å²) in [5.74, 6) is 0.593. The van der Waals surface area contributed by atoms with Crippen LogP contribution in [0.25, 0.3) is 0 Å². The molecule has 132 valence electrons. The maximum absolute atomic E-state index is 3.55. The summed E-state index contributed by atoms with van der Waals surface area (Å²) >= 11 is 0. The zero-order valence-corrected chi connectivity index (χ0v) is 16.0. The van der Waals surface area contributed by atoms with Gasteiger partial charge in [-0.25, -0.2) is 0 Å². The van der Waals surface area contributed by atoms with Crippen molar-refractivity contribution in [2.45, 2.75) is 53.0 Å². The van der Waals surface area contributed by atoms with Crippen LogP contribution >= 0.6 is 0 Å². The summed E-state index contributed by atoms with van der Waals surface area (Å²) in [7, 11) is 0. The first-order chi connectivity index (χ1) is 12.0. The first-order valence-electron chi connectivity index (χ1n) is 9.40. The highest BCUT2D eigenvalue weighted by Crippen LogP contribution is 2.45. The summed E-state index contributed by atoms with van der Waals surface area (Å²) < 4.78 is 0. The molecule has 0 saturated carbocycles. The molecule has 0 fully saturated rings. The summed E-state index contributed by atoms with van der Waals surface area (Å²) in [5.41, 5.74) is 9.72. The Balaban J connectivity index is 0.000000324. The molecule has 0 saturated heterocycles. The lowest BCUT2D eigenvalue weighted by molar-refractivity contribution is 0.639. The normalized spacial score (nSPS) is 16.8. The number of rotatable bonds is 3. The third-order valence-electron chi connectivity index (χ3n) is 5.06. The van der Waals surface area contributed by atoms with Crippen molar-refractivity contribution < 1.29 is 0 Å². The van der Waals surface area contributed by atoms with Gasteiger partial charge in [0.05, 0.1) is 11.4 Å². The number of nitrogens with one attached hydrogen (secondary N) is 1. The molecule has 2 aromatic rings. The number of aryl methyl sites for hydroxylation is 2. The molecule has 25 heavy (non-hydrogen) atoms. The van der Waals surface area contributed by atoms with Crippen LogP contribution in [0.15, 0.2) is 43.0 Å². The molecule has 2 heterocycles. The Kier molecular flexibility index (Phi) is 5.17. The Labute approximate surface area is 152 Å². The van der Waals surface area contributed by atoms with Gasteiger partial charge in [0.2, 0.25) is 0 Å². The number of hydrogen-bond acceptors (Lipinski definition) is 2. The maximum atomic E-state index is 3.55. The second-order valence-electron chi connectivity index (χ2n) is 7.37. The monoisotopic (exact) mass is 334 g/mol. The van der Waals surface area contributed by atoms with Crippen molar-refractivity contribution in [1.82, 2.24) is 0 Å². The van der Waals surface area contributed by atoms with Gasteiger partial charge < -0.3 is 10.2 Å². The van der Waals surface area contributed by atoms with Crippen LogP contribution in [0, 0.1) is 13.8 Å². The number of benzene rings is 2. The molecule has 0 bridgehead atoms. The van der Waals surface area contributed by atoms with Crippen molar-refractivity contribution in [1.29, 1.82) is 0 Å². The number of allylic oxidation sites excluding steroid dienone is 1. The molecule has 0 aromatic heterocycles. The largest absolute Gasteiger partial charge is 0.367 e. The minimum Gasteiger partial charge on any atom is -0.367 e. The van der Waals surface area contributed by atoms with Crippen molar-refractivity contribution >= 4 is 17.1 Å². The van der Waals surface area contributed by atoms with E-state index in [1.807, 2.05) is 6.08 Å². The Morgan fingerprint density at radius 2 is 2.04 bits per heavy atom. The second kappa shape index (κ2) is 7.35. The van der Waals surface area contributed by atoms with Crippen LogP contribution in [0.4, 0.5) is 17.1 Å². The van der Waals surface area contributed by atoms with E-state index in [0.29, 0.717) is 5.92 Å². The number of unbranched alkanes of at least 4 members (excludes halogenated alkanes) is 1. The summed E-state index contributed by atoms with van der Waals surface area (Å²) in [6.07, 6.45) is 4.31. The average Bonchev–Trinajstić information content (AvgIpc) is 3.37. The van der Waals surface area contributed by atoms with Gasteiger partial charge >= 0.3 is 0 Å². The highest BCUT2D eigenvalue weighted by atomic mass is 15.1. The standard InChI is InChI=1S/C18H20N2.C5H10/c1-11-4-5-14-10-20(9-13(3)16(14)6-11)15-7-12(2)18-17(8-15)19-18;1-3-5-4-2/h4-8,13,19H,9-10H2,1-3H3;3H,1,4-5H2,2H3. The second-order valence-corrected chi connectivity index (χ2v) is 7.37. The van der Waals surface area contributed by atoms with E-state index in [0.717, 1.165) is 19.5 Å². The number of fused-ring (bicyclic) bond motifs is 2. The first-order valence-corrected chi connectivity index (χ1v) is 9.40. The molecule has 2 heteroatoms. The molecule has 0 radical (unpaired) electrons. The lowest BCUT2D eigenvalue weighted by Crippen LogP contribution is -2.32. The highest BCUT2D eigenvalue weighted by Gasteiger charge is 2.26. The molecule has 1 unspecified atom stereocenters. The van der Waals surface area contributed by atoms with Gasteiger partial charge in [-0.15, -0.1) is 6.58 Å². The van der Waals surface area contributed by atoms with E-state index < -0.39 is 0 Å². The zero-order chi connectivity index (χ0) is 18.0. The molecular formula is C23H30N2. The third-order valence-corrected chi connectivity index (χ3v) is 5.06. The van der Waals surface area contributed by atoms with Gasteiger partial charge in [-0.2, -0.15) is 0 Å². The van der Waals surface area contributed by atoms with E-state index in [4.69, 9.17) is 0 Å². The smallest absolute Gasteiger partial charge is 0.0655 e. The van der Waals surface area contributed by atoms with Crippen LogP contribution in [-0.4, -0.2) is 6.54 Å². The molecule has 0 aliphatic carbocycles. The van der Waals surface area contributed by atoms with Crippen LogP contribution in [0.3, 0.4) is 0 Å². The summed E-state index contributed by atoms with van der Waals surface area (Å²) in [6.45, 7) is 14.5. The van der Waals surface area contributed by atoms with Crippen molar-refractivity contribution in [3.05, 3.63) is 65.2 Å². The zero-order valence-electron chi connectivity index (χ0n) is 16.0. The summed E-state index contributed by atoms with van der Waals surface area (Å²) in [4.78, 5) is 2.51. The molecule has 0 spiro atoms. The van der Waals surface area contributed by atoms with Gasteiger partial charge in [0.25, 0.3) is 0 Å². The Bertz CT molecular complexity index is 776. The number of anilines is 3. The molecule has 2 aliphatic rings. The van der Waals surface area contributed by atoms with Gasteiger partial charge in [0.15, 0.2) is 0 Å². The first kappa shape index (κ1) is 17.6. The predicted octanol–water partition coefficient (Wildman–Crippen LogP) is 6.46. The van der Waals surface area contributed by atoms with Crippen LogP contribution in [-0.2, 0) is 6.54 Å². The van der Waals surface area contributed by atoms with Crippen molar-refractivity contribution in [3.8, 4) is 0 Å². The Morgan fingerprint density at radius 1 is 1.24 bits per heavy atom. The summed E-state index contributed by atoms with van der Waals surface area (Å²) in [6, 6.07) is 11.5. The van der Waals surface area contributed by atoms with Gasteiger partial charge in [-0.05, 0) is 55.0 Å². The SMILES string of the molecule is C=CCCC.Cc1ccc2c(c1)C(C)CN(c1cc(C)c3c(c1)N3)C2. The van der Waals surface area contributed by atoms with Crippen LogP contribution in [0.2, 0.25) is 0 Å². The van der Waals surface area contributed by atoms with Crippen molar-refractivity contribution in [3.63, 3.8) is 0 Å². The van der Waals surface area contributed by atoms with E-state index in [-0.39, 0.29) is 0 Å². The van der Waals surface area contributed by atoms with Crippen molar-refractivity contribution in [2.75, 3.05) is 16.8 Å². The minimum absolute atomic E-state index is 0.593. The fourth-order valence-electron chi connectivity index (χ4n) is 3.61. The van der Waals surface area contributed by atoms with Gasteiger partial charge in [-0.1, -0.05) is 50.1 Å². The summed E-state index contributed by atoms with van der Waals surface area (Å²) in [5, 5.41) is 3.35. The van der Waals surface area contributed by atoms with E-state index in [1.54, 1.807) is 0 Å². The van der Waals surface area contributed by atoms with Crippen LogP contribution in [0.5, 0.6) is 0 Å². The molecule has 2 nitrogen and oxygen atoms in total. The fourth-order valence-corrected chi connectivity index (χ4v) is 3.61. The van der Waals surface area contributed by atoms with E-state index in [2.05, 4.69) is 74.8 Å². The molecule has 1 N–H and O–H groups in total. The molecular weight excluding hydrogens is 304 g/mol. The Hall–Kier alpha value is -2.22. The fraction of sp³-hybridized carbons (Fsp3) is 0.391. The van der Waals surface area contributed by atoms with Gasteiger partial charge in [-0.3, -0.25) is 0 Å². The van der Waals surface area contributed by atoms with E-state index >= 15 is 0 Å². The lowest BCUT2D eigenvalue weighted by Gasteiger charge is -2.35. The topological polar surface area (TPSA) is 25.2 Å². The average molecular weight is 335 g/mol. The predicted molar refractivity (Wildman–Crippen MR) is 110 cm³/mol. The number of hydrogen-bond donors (Lipinski definition) is 1. The molecule has 1 atom stereocenters. The molecule has 2 aromatic carbocycles. The van der Waals surface area contributed by atoms with Gasteiger partial charge in [0.1, 0.15) is 0 Å². The van der Waals surface area contributed by atoms with E-state index in [9.17, 15) is 0 Å². The molecule has 4 rings (SSSR count). The molecule has 2 aliphatic heterocycles. The van der Waals surface area contributed by atoms with Gasteiger partial charge in [0, 0.05) is 18.8 Å². The van der Waals surface area contributed by atoms with Crippen LogP contribution < -0.4 is 10.2 Å². The maximum Gasteiger partial charge on any atom is 0.0655 e. The molecule has 0 amide bonds. The van der Waals surface area contributed by atoms with E-state index in [1.165, 1.54) is 45.7 Å². The highest BCUT2D eigenvalue weighted by molar-refractivity contribution is 5.95. The van der Waals surface area contributed by atoms with Crippen LogP contribution in [0.1, 0.15) is 54.9 Å².